The van der Waals surface area contributed by atoms with Gasteiger partial charge in [-0.25, -0.2) is 0 Å². The molecule has 0 saturated heterocycles. The first-order valence-corrected chi connectivity index (χ1v) is 7.60. The molecule has 1 aromatic rings. The number of benzene rings is 1. The van der Waals surface area contributed by atoms with Gasteiger partial charge in [0, 0.05) is 16.3 Å². The Morgan fingerprint density at radius 3 is 2.67 bits per heavy atom. The number of halogens is 1. The fourth-order valence-corrected chi connectivity index (χ4v) is 2.48. The van der Waals surface area contributed by atoms with Crippen LogP contribution in [0.2, 0.25) is 5.02 Å². The van der Waals surface area contributed by atoms with Crippen molar-refractivity contribution < 1.29 is 4.79 Å². The quantitative estimate of drug-likeness (QED) is 0.859. The number of carbonyl (C=O) groups is 1. The number of thioether (sulfide) groups is 1. The second-order valence-electron chi connectivity index (χ2n) is 4.87. The molecule has 1 N–H and O–H groups in total. The van der Waals surface area contributed by atoms with E-state index >= 15 is 0 Å². The molecule has 1 rings (SSSR count). The predicted octanol–water partition coefficient (Wildman–Crippen LogP) is 3.88. The van der Waals surface area contributed by atoms with Gasteiger partial charge in [-0.1, -0.05) is 36.7 Å². The van der Waals surface area contributed by atoms with Crippen LogP contribution in [0.25, 0.3) is 0 Å². The Kier molecular flexibility index (Phi) is 6.03. The minimum absolute atomic E-state index is 0.0823. The summed E-state index contributed by atoms with van der Waals surface area (Å²) in [5.41, 5.74) is 0.953. The SMILES string of the molecule is CCC(C)(C)NC(=O)CSCc1ccccc1Cl. The van der Waals surface area contributed by atoms with Crippen LogP contribution in [0, 0.1) is 0 Å². The smallest absolute Gasteiger partial charge is 0.230 e. The van der Waals surface area contributed by atoms with Crippen LogP contribution in [0.1, 0.15) is 32.8 Å². The van der Waals surface area contributed by atoms with Gasteiger partial charge in [0.2, 0.25) is 5.91 Å². The van der Waals surface area contributed by atoms with E-state index in [0.717, 1.165) is 22.8 Å². The van der Waals surface area contributed by atoms with Crippen LogP contribution in [0.5, 0.6) is 0 Å². The van der Waals surface area contributed by atoms with E-state index in [0.29, 0.717) is 5.75 Å². The topological polar surface area (TPSA) is 29.1 Å². The third-order valence-electron chi connectivity index (χ3n) is 2.81. The maximum absolute atomic E-state index is 11.7. The first kappa shape index (κ1) is 15.4. The zero-order valence-corrected chi connectivity index (χ0v) is 12.7. The number of hydrogen-bond donors (Lipinski definition) is 1. The van der Waals surface area contributed by atoms with E-state index < -0.39 is 0 Å². The Balaban J connectivity index is 2.34. The van der Waals surface area contributed by atoms with E-state index in [4.69, 9.17) is 11.6 Å². The van der Waals surface area contributed by atoms with E-state index in [1.165, 1.54) is 0 Å². The Bertz CT molecular complexity index is 407. The van der Waals surface area contributed by atoms with Gasteiger partial charge in [0.15, 0.2) is 0 Å². The second kappa shape index (κ2) is 7.05. The maximum Gasteiger partial charge on any atom is 0.230 e. The standard InChI is InChI=1S/C14H20ClNOS/c1-4-14(2,3)16-13(17)10-18-9-11-7-5-6-8-12(11)15/h5-8H,4,9-10H2,1-3H3,(H,16,17). The molecule has 0 heterocycles. The Morgan fingerprint density at radius 2 is 2.06 bits per heavy atom. The van der Waals surface area contributed by atoms with Crippen LogP contribution >= 0.6 is 23.4 Å². The van der Waals surface area contributed by atoms with Crippen molar-refractivity contribution in [1.29, 1.82) is 0 Å². The molecule has 1 aromatic carbocycles. The summed E-state index contributed by atoms with van der Waals surface area (Å²) in [4.78, 5) is 11.7. The number of hydrogen-bond acceptors (Lipinski definition) is 2. The molecular weight excluding hydrogens is 266 g/mol. The molecule has 0 aliphatic rings. The van der Waals surface area contributed by atoms with Crippen LogP contribution < -0.4 is 5.32 Å². The van der Waals surface area contributed by atoms with Gasteiger partial charge in [0.25, 0.3) is 0 Å². The molecule has 0 aliphatic carbocycles. The molecule has 100 valence electrons. The third-order valence-corrected chi connectivity index (χ3v) is 4.16. The lowest BCUT2D eigenvalue weighted by molar-refractivity contribution is -0.120. The molecule has 0 aromatic heterocycles. The van der Waals surface area contributed by atoms with Gasteiger partial charge in [0.05, 0.1) is 5.75 Å². The van der Waals surface area contributed by atoms with Gasteiger partial charge in [-0.2, -0.15) is 0 Å². The molecule has 4 heteroatoms. The van der Waals surface area contributed by atoms with Crippen LogP contribution in [-0.4, -0.2) is 17.2 Å². The summed E-state index contributed by atoms with van der Waals surface area (Å²) < 4.78 is 0. The van der Waals surface area contributed by atoms with Crippen LogP contribution in [0.15, 0.2) is 24.3 Å². The molecule has 0 unspecified atom stereocenters. The largest absolute Gasteiger partial charge is 0.351 e. The maximum atomic E-state index is 11.7. The molecule has 0 aliphatic heterocycles. The van der Waals surface area contributed by atoms with Gasteiger partial charge in [-0.3, -0.25) is 4.79 Å². The average molecular weight is 286 g/mol. The third kappa shape index (κ3) is 5.32. The molecular formula is C14H20ClNOS. The number of nitrogens with one attached hydrogen (secondary N) is 1. The van der Waals surface area contributed by atoms with Gasteiger partial charge < -0.3 is 5.32 Å². The molecule has 18 heavy (non-hydrogen) atoms. The van der Waals surface area contributed by atoms with Crippen LogP contribution in [0.3, 0.4) is 0 Å². The van der Waals surface area contributed by atoms with E-state index in [1.807, 2.05) is 38.1 Å². The van der Waals surface area contributed by atoms with Crippen molar-refractivity contribution in [3.8, 4) is 0 Å². The highest BCUT2D eigenvalue weighted by molar-refractivity contribution is 7.99. The van der Waals surface area contributed by atoms with Crippen LogP contribution in [0.4, 0.5) is 0 Å². The van der Waals surface area contributed by atoms with E-state index in [1.54, 1.807) is 11.8 Å². The van der Waals surface area contributed by atoms with E-state index in [2.05, 4.69) is 12.2 Å². The number of amides is 1. The highest BCUT2D eigenvalue weighted by atomic mass is 35.5. The molecule has 1 amide bonds. The minimum Gasteiger partial charge on any atom is -0.351 e. The van der Waals surface area contributed by atoms with Crippen LogP contribution in [-0.2, 0) is 10.5 Å². The van der Waals surface area contributed by atoms with Gasteiger partial charge in [-0.15, -0.1) is 11.8 Å². The molecule has 0 fully saturated rings. The fraction of sp³-hybridized carbons (Fsp3) is 0.500. The minimum atomic E-state index is -0.123. The Hall–Kier alpha value is -0.670. The summed E-state index contributed by atoms with van der Waals surface area (Å²) in [7, 11) is 0. The van der Waals surface area contributed by atoms with E-state index in [-0.39, 0.29) is 11.4 Å². The molecule has 2 nitrogen and oxygen atoms in total. The summed E-state index contributed by atoms with van der Waals surface area (Å²) in [5, 5.41) is 3.78. The average Bonchev–Trinajstić information content (AvgIpc) is 2.31. The van der Waals surface area contributed by atoms with Crippen molar-refractivity contribution in [2.45, 2.75) is 38.5 Å². The van der Waals surface area contributed by atoms with E-state index in [9.17, 15) is 4.79 Å². The fourth-order valence-electron chi connectivity index (χ4n) is 1.37. The monoisotopic (exact) mass is 285 g/mol. The number of carbonyl (C=O) groups excluding carboxylic acids is 1. The normalized spacial score (nSPS) is 11.3. The predicted molar refractivity (Wildman–Crippen MR) is 80.1 cm³/mol. The lowest BCUT2D eigenvalue weighted by atomic mass is 10.0. The summed E-state index contributed by atoms with van der Waals surface area (Å²) in [6.07, 6.45) is 0.925. The second-order valence-corrected chi connectivity index (χ2v) is 6.26. The van der Waals surface area contributed by atoms with Gasteiger partial charge >= 0.3 is 0 Å². The molecule has 0 radical (unpaired) electrons. The number of rotatable bonds is 6. The zero-order valence-electron chi connectivity index (χ0n) is 11.1. The van der Waals surface area contributed by atoms with Crippen molar-refractivity contribution in [2.24, 2.45) is 0 Å². The van der Waals surface area contributed by atoms with Gasteiger partial charge in [0.1, 0.15) is 0 Å². The van der Waals surface area contributed by atoms with Crippen molar-refractivity contribution in [3.63, 3.8) is 0 Å². The summed E-state index contributed by atoms with van der Waals surface area (Å²) in [6.45, 7) is 6.13. The van der Waals surface area contributed by atoms with Crippen molar-refractivity contribution in [3.05, 3.63) is 34.9 Å². The molecule has 0 bridgehead atoms. The molecule has 0 spiro atoms. The summed E-state index contributed by atoms with van der Waals surface area (Å²) >= 11 is 7.64. The Morgan fingerprint density at radius 1 is 1.39 bits per heavy atom. The lowest BCUT2D eigenvalue weighted by Gasteiger charge is -2.24. The lowest BCUT2D eigenvalue weighted by Crippen LogP contribution is -2.43. The highest BCUT2D eigenvalue weighted by Crippen LogP contribution is 2.20. The van der Waals surface area contributed by atoms with Crippen molar-refractivity contribution in [1.82, 2.24) is 5.32 Å². The summed E-state index contributed by atoms with van der Waals surface area (Å²) in [5.74, 6) is 1.31. The first-order chi connectivity index (χ1) is 8.44. The summed E-state index contributed by atoms with van der Waals surface area (Å²) in [6, 6.07) is 7.73. The van der Waals surface area contributed by atoms with Crippen molar-refractivity contribution in [2.75, 3.05) is 5.75 Å². The first-order valence-electron chi connectivity index (χ1n) is 6.07. The highest BCUT2D eigenvalue weighted by Gasteiger charge is 2.17. The Labute approximate surface area is 118 Å². The molecule has 0 saturated carbocycles. The molecule has 0 atom stereocenters. The van der Waals surface area contributed by atoms with Gasteiger partial charge in [-0.05, 0) is 31.9 Å². The zero-order chi connectivity index (χ0) is 13.6. The van der Waals surface area contributed by atoms with Crippen molar-refractivity contribution >= 4 is 29.3 Å².